The lowest BCUT2D eigenvalue weighted by Crippen LogP contribution is -2.45. The van der Waals surface area contributed by atoms with E-state index < -0.39 is 0 Å². The Morgan fingerprint density at radius 3 is 2.84 bits per heavy atom. The summed E-state index contributed by atoms with van der Waals surface area (Å²) in [7, 11) is 0. The van der Waals surface area contributed by atoms with Crippen LogP contribution in [-0.4, -0.2) is 29.9 Å². The molecule has 1 aliphatic heterocycles. The smallest absolute Gasteiger partial charge is 0.321 e. The molecule has 19 heavy (non-hydrogen) atoms. The first-order valence-electron chi connectivity index (χ1n) is 6.27. The quantitative estimate of drug-likeness (QED) is 0.693. The van der Waals surface area contributed by atoms with Gasteiger partial charge in [0.15, 0.2) is 0 Å². The molecule has 1 aromatic rings. The molecule has 1 aromatic carbocycles. The highest BCUT2D eigenvalue weighted by atomic mass is 16.2. The number of benzene rings is 1. The monoisotopic (exact) mass is 262 g/mol. The van der Waals surface area contributed by atoms with Crippen LogP contribution in [0.3, 0.4) is 0 Å². The largest absolute Gasteiger partial charge is 0.399 e. The number of nitrogens with zero attached hydrogens (tertiary/aromatic N) is 1. The van der Waals surface area contributed by atoms with Crippen molar-refractivity contribution in [2.24, 2.45) is 11.7 Å². The van der Waals surface area contributed by atoms with Crippen LogP contribution in [-0.2, 0) is 4.79 Å². The van der Waals surface area contributed by atoms with Gasteiger partial charge in [0.1, 0.15) is 0 Å². The van der Waals surface area contributed by atoms with E-state index in [1.54, 1.807) is 29.2 Å². The number of likely N-dealkylation sites (tertiary alicyclic amines) is 1. The summed E-state index contributed by atoms with van der Waals surface area (Å²) in [6.45, 7) is 1.02. The van der Waals surface area contributed by atoms with Gasteiger partial charge < -0.3 is 21.7 Å². The average molecular weight is 262 g/mol. The minimum Gasteiger partial charge on any atom is -0.399 e. The Balaban J connectivity index is 1.98. The summed E-state index contributed by atoms with van der Waals surface area (Å²) in [6.07, 6.45) is 1.54. The standard InChI is InChI=1S/C13H18N4O2/c14-10-4-1-5-11(7-10)16-13(19)17-6-2-3-9(8-17)12(15)18/h1,4-5,7,9H,2-3,6,8,14H2,(H2,15,18)(H,16,19). The van der Waals surface area contributed by atoms with Gasteiger partial charge in [0.05, 0.1) is 5.92 Å². The summed E-state index contributed by atoms with van der Waals surface area (Å²) >= 11 is 0. The number of piperidine rings is 1. The molecule has 0 bridgehead atoms. The second-order valence-electron chi connectivity index (χ2n) is 4.74. The number of nitrogens with two attached hydrogens (primary N) is 2. The van der Waals surface area contributed by atoms with Crippen LogP contribution in [0, 0.1) is 5.92 Å². The van der Waals surface area contributed by atoms with Crippen LogP contribution in [0.1, 0.15) is 12.8 Å². The fourth-order valence-electron chi connectivity index (χ4n) is 2.21. The number of carbonyl (C=O) groups excluding carboxylic acids is 2. The Hall–Kier alpha value is -2.24. The molecule has 0 aromatic heterocycles. The molecule has 0 radical (unpaired) electrons. The molecule has 1 fully saturated rings. The van der Waals surface area contributed by atoms with Crippen LogP contribution in [0.5, 0.6) is 0 Å². The molecule has 6 heteroatoms. The zero-order chi connectivity index (χ0) is 13.8. The third-order valence-corrected chi connectivity index (χ3v) is 3.25. The van der Waals surface area contributed by atoms with Gasteiger partial charge in [0.2, 0.25) is 5.91 Å². The zero-order valence-corrected chi connectivity index (χ0v) is 10.6. The molecule has 5 N–H and O–H groups in total. The summed E-state index contributed by atoms with van der Waals surface area (Å²) < 4.78 is 0. The molecule has 2 rings (SSSR count). The van der Waals surface area contributed by atoms with Crippen molar-refractivity contribution in [1.29, 1.82) is 0 Å². The molecule has 1 unspecified atom stereocenters. The molecular weight excluding hydrogens is 244 g/mol. The van der Waals surface area contributed by atoms with Gasteiger partial charge in [-0.05, 0) is 31.0 Å². The first-order valence-corrected chi connectivity index (χ1v) is 6.27. The molecule has 102 valence electrons. The molecule has 1 aliphatic rings. The second-order valence-corrected chi connectivity index (χ2v) is 4.74. The van der Waals surface area contributed by atoms with Crippen molar-refractivity contribution < 1.29 is 9.59 Å². The molecule has 3 amide bonds. The van der Waals surface area contributed by atoms with Crippen molar-refractivity contribution >= 4 is 23.3 Å². The van der Waals surface area contributed by atoms with Gasteiger partial charge in [-0.2, -0.15) is 0 Å². The van der Waals surface area contributed by atoms with E-state index in [-0.39, 0.29) is 17.9 Å². The number of rotatable bonds is 2. The minimum atomic E-state index is -0.346. The molecule has 0 saturated carbocycles. The number of hydrogen-bond acceptors (Lipinski definition) is 3. The summed E-state index contributed by atoms with van der Waals surface area (Å²) in [5, 5.41) is 2.77. The zero-order valence-electron chi connectivity index (χ0n) is 10.6. The second kappa shape index (κ2) is 5.60. The lowest BCUT2D eigenvalue weighted by Gasteiger charge is -2.31. The summed E-state index contributed by atoms with van der Waals surface area (Å²) in [4.78, 5) is 24.9. The fourth-order valence-corrected chi connectivity index (χ4v) is 2.21. The first-order chi connectivity index (χ1) is 9.06. The van der Waals surface area contributed by atoms with Crippen molar-refractivity contribution in [2.75, 3.05) is 24.1 Å². The molecule has 1 heterocycles. The van der Waals surface area contributed by atoms with Crippen molar-refractivity contribution in [1.82, 2.24) is 4.90 Å². The van der Waals surface area contributed by atoms with Crippen molar-refractivity contribution in [2.45, 2.75) is 12.8 Å². The van der Waals surface area contributed by atoms with E-state index in [0.717, 1.165) is 12.8 Å². The van der Waals surface area contributed by atoms with Crippen LogP contribution in [0.25, 0.3) is 0 Å². The molecule has 0 spiro atoms. The minimum absolute atomic E-state index is 0.225. The summed E-state index contributed by atoms with van der Waals surface area (Å²) in [5.74, 6) is -0.596. The SMILES string of the molecule is NC(=O)C1CCCN(C(=O)Nc2cccc(N)c2)C1. The number of hydrogen-bond donors (Lipinski definition) is 3. The Kier molecular flexibility index (Phi) is 3.89. The normalized spacial score (nSPS) is 18.9. The lowest BCUT2D eigenvalue weighted by molar-refractivity contribution is -0.123. The van der Waals surface area contributed by atoms with Crippen molar-refractivity contribution in [3.05, 3.63) is 24.3 Å². The van der Waals surface area contributed by atoms with Gasteiger partial charge in [0, 0.05) is 24.5 Å². The van der Waals surface area contributed by atoms with E-state index in [4.69, 9.17) is 11.5 Å². The number of nitrogen functional groups attached to an aromatic ring is 1. The summed E-state index contributed by atoms with van der Waals surface area (Å²) in [5.41, 5.74) is 12.2. The van der Waals surface area contributed by atoms with Crippen LogP contribution in [0.15, 0.2) is 24.3 Å². The average Bonchev–Trinajstić information content (AvgIpc) is 2.39. The number of urea groups is 1. The predicted octanol–water partition coefficient (Wildman–Crippen LogP) is 0.998. The first kappa shape index (κ1) is 13.2. The van der Waals surface area contributed by atoms with Crippen LogP contribution in [0.2, 0.25) is 0 Å². The Morgan fingerprint density at radius 1 is 1.37 bits per heavy atom. The van der Waals surface area contributed by atoms with Gasteiger partial charge >= 0.3 is 6.03 Å². The molecule has 0 aliphatic carbocycles. The van der Waals surface area contributed by atoms with Gasteiger partial charge in [-0.3, -0.25) is 4.79 Å². The van der Waals surface area contributed by atoms with E-state index in [1.165, 1.54) is 0 Å². The third kappa shape index (κ3) is 3.37. The van der Waals surface area contributed by atoms with Crippen molar-refractivity contribution in [3.63, 3.8) is 0 Å². The van der Waals surface area contributed by atoms with Gasteiger partial charge in [0.25, 0.3) is 0 Å². The Morgan fingerprint density at radius 2 is 2.16 bits per heavy atom. The maximum Gasteiger partial charge on any atom is 0.321 e. The molecule has 1 atom stereocenters. The molecule has 6 nitrogen and oxygen atoms in total. The maximum absolute atomic E-state index is 12.1. The highest BCUT2D eigenvalue weighted by Gasteiger charge is 2.26. The highest BCUT2D eigenvalue weighted by Crippen LogP contribution is 2.18. The number of anilines is 2. The lowest BCUT2D eigenvalue weighted by atomic mass is 9.98. The highest BCUT2D eigenvalue weighted by molar-refractivity contribution is 5.90. The predicted molar refractivity (Wildman–Crippen MR) is 73.4 cm³/mol. The van der Waals surface area contributed by atoms with Crippen LogP contribution < -0.4 is 16.8 Å². The van der Waals surface area contributed by atoms with E-state index in [0.29, 0.717) is 24.5 Å². The number of primary amides is 1. The topological polar surface area (TPSA) is 101 Å². The fraction of sp³-hybridized carbons (Fsp3) is 0.385. The molecule has 1 saturated heterocycles. The number of amides is 3. The number of carbonyl (C=O) groups is 2. The van der Waals surface area contributed by atoms with Gasteiger partial charge in [-0.25, -0.2) is 4.79 Å². The third-order valence-electron chi connectivity index (χ3n) is 3.25. The van der Waals surface area contributed by atoms with E-state index in [9.17, 15) is 9.59 Å². The number of nitrogens with one attached hydrogen (secondary N) is 1. The van der Waals surface area contributed by atoms with Crippen LogP contribution >= 0.6 is 0 Å². The van der Waals surface area contributed by atoms with Gasteiger partial charge in [-0.1, -0.05) is 6.07 Å². The Bertz CT molecular complexity index is 489. The van der Waals surface area contributed by atoms with E-state index >= 15 is 0 Å². The maximum atomic E-state index is 12.1. The molecular formula is C13H18N4O2. The Labute approximate surface area is 111 Å². The van der Waals surface area contributed by atoms with Gasteiger partial charge in [-0.15, -0.1) is 0 Å². The van der Waals surface area contributed by atoms with E-state index in [2.05, 4.69) is 5.32 Å². The summed E-state index contributed by atoms with van der Waals surface area (Å²) in [6, 6.07) is 6.75. The van der Waals surface area contributed by atoms with Crippen molar-refractivity contribution in [3.8, 4) is 0 Å². The van der Waals surface area contributed by atoms with Crippen LogP contribution in [0.4, 0.5) is 16.2 Å². The van der Waals surface area contributed by atoms with E-state index in [1.807, 2.05) is 0 Å².